The number of amides is 2. The van der Waals surface area contributed by atoms with Crippen LogP contribution in [0.5, 0.6) is 0 Å². The maximum absolute atomic E-state index is 12.2. The van der Waals surface area contributed by atoms with E-state index in [4.69, 9.17) is 5.73 Å². The second-order valence-corrected chi connectivity index (χ2v) is 5.94. The smallest absolute Gasteiger partial charge is 0.322 e. The Balaban J connectivity index is 1.59. The van der Waals surface area contributed by atoms with E-state index in [1.807, 2.05) is 19.1 Å². The number of rotatable bonds is 5. The molecule has 3 rings (SSSR count). The van der Waals surface area contributed by atoms with Gasteiger partial charge in [-0.15, -0.1) is 0 Å². The first-order chi connectivity index (χ1) is 12.1. The molecular weight excluding hydrogens is 318 g/mol. The van der Waals surface area contributed by atoms with Gasteiger partial charge in [0.15, 0.2) is 0 Å². The summed E-state index contributed by atoms with van der Waals surface area (Å²) >= 11 is 0. The number of aryl methyl sites for hydroxylation is 1. The summed E-state index contributed by atoms with van der Waals surface area (Å²) in [5, 5.41) is 12.0. The van der Waals surface area contributed by atoms with Crippen molar-refractivity contribution < 1.29 is 4.79 Å². The summed E-state index contributed by atoms with van der Waals surface area (Å²) in [6.07, 6.45) is 0.608. The molecule has 0 bridgehead atoms. The quantitative estimate of drug-likeness (QED) is 0.553. The second kappa shape index (κ2) is 7.91. The monoisotopic (exact) mass is 341 g/mol. The Labute approximate surface area is 146 Å². The van der Waals surface area contributed by atoms with Gasteiger partial charge < -0.3 is 16.4 Å². The summed E-state index contributed by atoms with van der Waals surface area (Å²) in [7, 11) is 0. The Bertz CT molecular complexity index is 750. The highest BCUT2D eigenvalue weighted by Crippen LogP contribution is 2.15. The minimum Gasteiger partial charge on any atom is -0.369 e. The summed E-state index contributed by atoms with van der Waals surface area (Å²) < 4.78 is 0. The van der Waals surface area contributed by atoms with Crippen LogP contribution in [0.3, 0.4) is 0 Å². The van der Waals surface area contributed by atoms with E-state index in [9.17, 15) is 4.79 Å². The van der Waals surface area contributed by atoms with Gasteiger partial charge in [0.25, 0.3) is 0 Å². The third-order valence-corrected chi connectivity index (χ3v) is 3.92. The molecule has 8 nitrogen and oxygen atoms in total. The average Bonchev–Trinajstić information content (AvgIpc) is 2.59. The Morgan fingerprint density at radius 1 is 1.32 bits per heavy atom. The first-order valence-corrected chi connectivity index (χ1v) is 8.31. The van der Waals surface area contributed by atoms with Crippen molar-refractivity contribution in [2.24, 2.45) is 5.73 Å². The molecule has 0 saturated carbocycles. The first-order valence-electron chi connectivity index (χ1n) is 8.31. The first kappa shape index (κ1) is 17.1. The highest BCUT2D eigenvalue weighted by Gasteiger charge is 2.19. The minimum atomic E-state index is -0.341. The van der Waals surface area contributed by atoms with Gasteiger partial charge in [0, 0.05) is 37.8 Å². The lowest BCUT2D eigenvalue weighted by Crippen LogP contribution is -2.50. The van der Waals surface area contributed by atoms with Crippen molar-refractivity contribution in [3.05, 3.63) is 47.2 Å². The largest absolute Gasteiger partial charge is 0.369 e. The number of aromatic nitrogens is 2. The van der Waals surface area contributed by atoms with E-state index >= 15 is 0 Å². The number of hydrogen-bond acceptors (Lipinski definition) is 6. The second-order valence-electron chi connectivity index (χ2n) is 5.94. The van der Waals surface area contributed by atoms with Gasteiger partial charge in [-0.3, -0.25) is 10.6 Å². The van der Waals surface area contributed by atoms with Crippen molar-refractivity contribution in [1.29, 1.82) is 0 Å². The lowest BCUT2D eigenvalue weighted by Gasteiger charge is -2.26. The van der Waals surface area contributed by atoms with Crippen molar-refractivity contribution in [2.45, 2.75) is 26.1 Å². The molecule has 1 aliphatic rings. The van der Waals surface area contributed by atoms with Gasteiger partial charge in [-0.25, -0.2) is 9.78 Å². The molecule has 8 heteroatoms. The Morgan fingerprint density at radius 3 is 2.92 bits per heavy atom. The molecule has 1 unspecified atom stereocenters. The van der Waals surface area contributed by atoms with Crippen LogP contribution in [0.15, 0.2) is 30.3 Å². The van der Waals surface area contributed by atoms with Crippen LogP contribution in [0.4, 0.5) is 16.6 Å². The molecule has 0 fully saturated rings. The highest BCUT2D eigenvalue weighted by atomic mass is 16.2. The standard InChI is InChI=1S/C17H23N7O/c1-11-8-14(19-7-6-18)22-16(21-11)24-17(25)23-15-9-12-4-2-3-5-13(12)10-20-15/h2-5,8,15,20H,6-7,9-10,18H2,1H3,(H3,19,21,22,23,24,25). The number of benzene rings is 1. The van der Waals surface area contributed by atoms with Crippen molar-refractivity contribution >= 4 is 17.8 Å². The number of urea groups is 1. The van der Waals surface area contributed by atoms with E-state index in [1.54, 1.807) is 6.07 Å². The number of fused-ring (bicyclic) bond motifs is 1. The Hall–Kier alpha value is -2.71. The van der Waals surface area contributed by atoms with Gasteiger partial charge in [0.2, 0.25) is 5.95 Å². The molecule has 0 aliphatic carbocycles. The zero-order valence-electron chi connectivity index (χ0n) is 14.2. The number of hydrogen-bond donors (Lipinski definition) is 5. The maximum Gasteiger partial charge on any atom is 0.322 e. The molecule has 2 aromatic rings. The van der Waals surface area contributed by atoms with Crippen molar-refractivity contribution in [1.82, 2.24) is 20.6 Å². The highest BCUT2D eigenvalue weighted by molar-refractivity contribution is 5.87. The maximum atomic E-state index is 12.2. The minimum absolute atomic E-state index is 0.130. The van der Waals surface area contributed by atoms with Crippen molar-refractivity contribution in [3.8, 4) is 0 Å². The number of nitrogens with two attached hydrogens (primary N) is 1. The SMILES string of the molecule is Cc1cc(NCCN)nc(NC(=O)NC2Cc3ccccc3CN2)n1. The lowest BCUT2D eigenvalue weighted by molar-refractivity contribution is 0.244. The number of anilines is 2. The molecule has 1 aromatic carbocycles. The third-order valence-electron chi connectivity index (χ3n) is 3.92. The summed E-state index contributed by atoms with van der Waals surface area (Å²) in [5.41, 5.74) is 8.74. The van der Waals surface area contributed by atoms with Crippen molar-refractivity contribution in [3.63, 3.8) is 0 Å². The van der Waals surface area contributed by atoms with Crippen LogP contribution in [-0.4, -0.2) is 35.3 Å². The van der Waals surface area contributed by atoms with Gasteiger partial charge in [-0.1, -0.05) is 24.3 Å². The fraction of sp³-hybridized carbons (Fsp3) is 0.353. The fourth-order valence-corrected chi connectivity index (χ4v) is 2.77. The predicted octanol–water partition coefficient (Wildman–Crippen LogP) is 0.949. The summed E-state index contributed by atoms with van der Waals surface area (Å²) in [6.45, 7) is 3.68. The van der Waals surface area contributed by atoms with Crippen LogP contribution in [0.25, 0.3) is 0 Å². The molecule has 132 valence electrons. The van der Waals surface area contributed by atoms with Gasteiger partial charge in [0.1, 0.15) is 5.82 Å². The molecule has 2 heterocycles. The Kier molecular flexibility index (Phi) is 5.42. The summed E-state index contributed by atoms with van der Waals surface area (Å²) in [6, 6.07) is 9.67. The molecule has 1 aliphatic heterocycles. The van der Waals surface area contributed by atoms with E-state index in [-0.39, 0.29) is 18.1 Å². The molecule has 0 saturated heterocycles. The molecule has 25 heavy (non-hydrogen) atoms. The predicted molar refractivity (Wildman–Crippen MR) is 97.2 cm³/mol. The van der Waals surface area contributed by atoms with E-state index in [0.717, 1.165) is 18.7 Å². The van der Waals surface area contributed by atoms with Gasteiger partial charge in [0.05, 0.1) is 6.17 Å². The molecule has 1 atom stereocenters. The van der Waals surface area contributed by atoms with Gasteiger partial charge in [-0.05, 0) is 18.1 Å². The lowest BCUT2D eigenvalue weighted by atomic mass is 9.99. The zero-order valence-corrected chi connectivity index (χ0v) is 14.2. The fourth-order valence-electron chi connectivity index (χ4n) is 2.77. The van der Waals surface area contributed by atoms with E-state index < -0.39 is 0 Å². The molecule has 0 radical (unpaired) electrons. The molecule has 6 N–H and O–H groups in total. The van der Waals surface area contributed by atoms with Crippen molar-refractivity contribution in [2.75, 3.05) is 23.7 Å². The number of carbonyl (C=O) groups is 1. The van der Waals surface area contributed by atoms with Crippen LogP contribution >= 0.6 is 0 Å². The summed E-state index contributed by atoms with van der Waals surface area (Å²) in [5.74, 6) is 0.895. The van der Waals surface area contributed by atoms with E-state index in [2.05, 4.69) is 43.4 Å². The third kappa shape index (κ3) is 4.65. The number of nitrogens with zero attached hydrogens (tertiary/aromatic N) is 2. The zero-order chi connectivity index (χ0) is 17.6. The number of carbonyl (C=O) groups excluding carboxylic acids is 1. The van der Waals surface area contributed by atoms with Crippen LogP contribution in [0.2, 0.25) is 0 Å². The van der Waals surface area contributed by atoms with Gasteiger partial charge in [-0.2, -0.15) is 4.98 Å². The van der Waals surface area contributed by atoms with Crippen LogP contribution < -0.4 is 27.0 Å². The molecule has 2 amide bonds. The van der Waals surface area contributed by atoms with E-state index in [0.29, 0.717) is 18.9 Å². The van der Waals surface area contributed by atoms with Gasteiger partial charge >= 0.3 is 6.03 Å². The topological polar surface area (TPSA) is 117 Å². The Morgan fingerprint density at radius 2 is 2.12 bits per heavy atom. The molecule has 1 aromatic heterocycles. The number of nitrogens with one attached hydrogen (secondary N) is 4. The van der Waals surface area contributed by atoms with Crippen LogP contribution in [0, 0.1) is 6.92 Å². The van der Waals surface area contributed by atoms with E-state index in [1.165, 1.54) is 11.1 Å². The molecular formula is C17H23N7O. The average molecular weight is 341 g/mol. The molecule has 0 spiro atoms. The summed E-state index contributed by atoms with van der Waals surface area (Å²) in [4.78, 5) is 20.8. The van der Waals surface area contributed by atoms with Crippen LogP contribution in [0.1, 0.15) is 16.8 Å². The normalized spacial score (nSPS) is 16.0. The van der Waals surface area contributed by atoms with Crippen LogP contribution in [-0.2, 0) is 13.0 Å².